The maximum atomic E-state index is 12.1. The van der Waals surface area contributed by atoms with Gasteiger partial charge in [-0.1, -0.05) is 20.8 Å². The van der Waals surface area contributed by atoms with E-state index in [1.54, 1.807) is 0 Å². The van der Waals surface area contributed by atoms with Crippen molar-refractivity contribution in [3.8, 4) is 0 Å². The second-order valence-corrected chi connectivity index (χ2v) is 10.6. The average Bonchev–Trinajstić information content (AvgIpc) is 3.17. The molecule has 3 heteroatoms. The van der Waals surface area contributed by atoms with Crippen molar-refractivity contribution in [2.45, 2.75) is 84.3 Å². The third-order valence-corrected chi connectivity index (χ3v) is 9.94. The van der Waals surface area contributed by atoms with Crippen LogP contribution in [0.25, 0.3) is 0 Å². The molecule has 0 bridgehead atoms. The summed E-state index contributed by atoms with van der Waals surface area (Å²) in [4.78, 5) is 12.1. The largest absolute Gasteiger partial charge is 0.347 e. The van der Waals surface area contributed by atoms with Crippen molar-refractivity contribution in [1.82, 2.24) is 0 Å². The van der Waals surface area contributed by atoms with Crippen LogP contribution in [0.5, 0.6) is 0 Å². The minimum atomic E-state index is -0.288. The summed E-state index contributed by atoms with van der Waals surface area (Å²) in [6.07, 6.45) is 10.4. The molecule has 0 aromatic heterocycles. The van der Waals surface area contributed by atoms with Gasteiger partial charge in [0.25, 0.3) is 0 Å². The van der Waals surface area contributed by atoms with Gasteiger partial charge in [0.15, 0.2) is 5.79 Å². The maximum Gasteiger partial charge on any atom is 0.172 e. The Morgan fingerprint density at radius 1 is 1.00 bits per heavy atom. The smallest absolute Gasteiger partial charge is 0.172 e. The van der Waals surface area contributed by atoms with E-state index in [1.807, 2.05) is 0 Å². The minimum Gasteiger partial charge on any atom is -0.347 e. The second kappa shape index (κ2) is 5.80. The Bertz CT molecular complexity index is 594. The van der Waals surface area contributed by atoms with Gasteiger partial charge in [0.2, 0.25) is 0 Å². The molecule has 0 radical (unpaired) electrons. The molecule has 5 rings (SSSR count). The van der Waals surface area contributed by atoms with E-state index in [4.69, 9.17) is 9.47 Å². The molecule has 0 amide bonds. The van der Waals surface area contributed by atoms with Crippen molar-refractivity contribution in [3.05, 3.63) is 0 Å². The lowest BCUT2D eigenvalue weighted by atomic mass is 9.44. The Balaban J connectivity index is 1.48. The van der Waals surface area contributed by atoms with E-state index in [0.29, 0.717) is 28.4 Å². The molecule has 4 aliphatic carbocycles. The molecule has 0 aromatic rings. The van der Waals surface area contributed by atoms with Crippen LogP contribution in [0.3, 0.4) is 0 Å². The van der Waals surface area contributed by atoms with E-state index in [1.165, 1.54) is 32.1 Å². The Morgan fingerprint density at radius 3 is 2.50 bits per heavy atom. The van der Waals surface area contributed by atoms with Gasteiger partial charge in [-0.15, -0.1) is 0 Å². The molecular formula is C23H36O3. The monoisotopic (exact) mass is 360 g/mol. The Labute approximate surface area is 158 Å². The molecule has 4 saturated carbocycles. The molecular weight excluding hydrogens is 324 g/mol. The minimum absolute atomic E-state index is 0.288. The SMILES string of the molecule is CC[C@H]1C2(C[C@H]3[C@@H]4CC[C@H]5CC(=O)CC[C@]5(C)[C@H]4CC[C@@]31C)OCCO2. The first-order valence-electron chi connectivity index (χ1n) is 11.2. The number of rotatable bonds is 1. The van der Waals surface area contributed by atoms with Gasteiger partial charge in [-0.3, -0.25) is 4.79 Å². The number of hydrogen-bond acceptors (Lipinski definition) is 3. The Kier molecular flexibility index (Phi) is 3.94. The topological polar surface area (TPSA) is 35.5 Å². The van der Waals surface area contributed by atoms with Crippen molar-refractivity contribution < 1.29 is 14.3 Å². The van der Waals surface area contributed by atoms with E-state index in [9.17, 15) is 4.79 Å². The molecule has 1 aliphatic heterocycles. The zero-order valence-corrected chi connectivity index (χ0v) is 16.9. The number of fused-ring (bicyclic) bond motifs is 5. The van der Waals surface area contributed by atoms with Gasteiger partial charge in [0.1, 0.15) is 5.78 Å². The van der Waals surface area contributed by atoms with Crippen LogP contribution in [-0.4, -0.2) is 24.8 Å². The number of carbonyl (C=O) groups excluding carboxylic acids is 1. The Hall–Kier alpha value is -0.410. The third-order valence-electron chi connectivity index (χ3n) is 9.94. The lowest BCUT2D eigenvalue weighted by molar-refractivity contribution is -0.194. The first kappa shape index (κ1) is 17.7. The van der Waals surface area contributed by atoms with Gasteiger partial charge in [-0.25, -0.2) is 0 Å². The van der Waals surface area contributed by atoms with Crippen LogP contribution in [0.1, 0.15) is 78.6 Å². The third kappa shape index (κ3) is 2.16. The van der Waals surface area contributed by atoms with E-state index < -0.39 is 0 Å². The molecule has 3 nitrogen and oxygen atoms in total. The summed E-state index contributed by atoms with van der Waals surface area (Å²) in [7, 11) is 0. The van der Waals surface area contributed by atoms with Crippen molar-refractivity contribution in [2.24, 2.45) is 40.4 Å². The molecule has 0 aromatic carbocycles. The maximum absolute atomic E-state index is 12.1. The Morgan fingerprint density at radius 2 is 1.77 bits per heavy atom. The standard InChI is InChI=1S/C23H36O3/c1-4-20-22(3)10-8-18-17(19(22)14-23(20)25-11-12-26-23)6-5-15-13-16(24)7-9-21(15,18)2/h15,17-20H,4-14H2,1-3H3/t15-,17+,18-,19-,20+,21-,22-/m0/s1. The highest BCUT2D eigenvalue weighted by molar-refractivity contribution is 5.79. The molecule has 5 aliphatic rings. The second-order valence-electron chi connectivity index (χ2n) is 10.6. The lowest BCUT2D eigenvalue weighted by Gasteiger charge is -2.60. The molecule has 1 saturated heterocycles. The predicted molar refractivity (Wildman–Crippen MR) is 101 cm³/mol. The van der Waals surface area contributed by atoms with Crippen LogP contribution in [0.2, 0.25) is 0 Å². The number of Topliss-reactive ketones (excluding diaryl/α,β-unsaturated/α-hetero) is 1. The summed E-state index contributed by atoms with van der Waals surface area (Å²) in [6, 6.07) is 0. The number of carbonyl (C=O) groups is 1. The first-order chi connectivity index (χ1) is 12.4. The summed E-state index contributed by atoms with van der Waals surface area (Å²) >= 11 is 0. The quantitative estimate of drug-likeness (QED) is 0.662. The van der Waals surface area contributed by atoms with E-state index in [0.717, 1.165) is 56.7 Å². The van der Waals surface area contributed by atoms with Crippen LogP contribution < -0.4 is 0 Å². The molecule has 26 heavy (non-hydrogen) atoms. The van der Waals surface area contributed by atoms with Crippen molar-refractivity contribution in [1.29, 1.82) is 0 Å². The summed E-state index contributed by atoms with van der Waals surface area (Å²) in [5, 5.41) is 0. The summed E-state index contributed by atoms with van der Waals surface area (Å²) < 4.78 is 12.6. The van der Waals surface area contributed by atoms with Crippen LogP contribution in [-0.2, 0) is 14.3 Å². The zero-order valence-electron chi connectivity index (χ0n) is 16.9. The van der Waals surface area contributed by atoms with Gasteiger partial charge in [0, 0.05) is 25.2 Å². The van der Waals surface area contributed by atoms with E-state index >= 15 is 0 Å². The fourth-order valence-electron chi connectivity index (χ4n) is 8.73. The average molecular weight is 361 g/mol. The van der Waals surface area contributed by atoms with E-state index in [2.05, 4.69) is 20.8 Å². The zero-order chi connectivity index (χ0) is 18.2. The molecule has 0 unspecified atom stereocenters. The first-order valence-corrected chi connectivity index (χ1v) is 11.2. The van der Waals surface area contributed by atoms with Crippen LogP contribution in [0.4, 0.5) is 0 Å². The van der Waals surface area contributed by atoms with Crippen LogP contribution in [0, 0.1) is 40.4 Å². The fraction of sp³-hybridized carbons (Fsp3) is 0.957. The lowest BCUT2D eigenvalue weighted by Crippen LogP contribution is -2.53. The van der Waals surface area contributed by atoms with Crippen LogP contribution in [0.15, 0.2) is 0 Å². The molecule has 5 fully saturated rings. The molecule has 7 atom stereocenters. The van der Waals surface area contributed by atoms with Gasteiger partial charge in [0.05, 0.1) is 13.2 Å². The van der Waals surface area contributed by atoms with Crippen molar-refractivity contribution in [2.75, 3.05) is 13.2 Å². The summed E-state index contributed by atoms with van der Waals surface area (Å²) in [5.41, 5.74) is 0.765. The number of ketones is 1. The molecule has 146 valence electrons. The predicted octanol–water partition coefficient (Wildman–Crippen LogP) is 4.98. The van der Waals surface area contributed by atoms with Gasteiger partial charge in [-0.2, -0.15) is 0 Å². The molecule has 1 spiro atoms. The highest BCUT2D eigenvalue weighted by Crippen LogP contribution is 2.70. The van der Waals surface area contributed by atoms with Gasteiger partial charge in [-0.05, 0) is 73.0 Å². The fourth-order valence-corrected chi connectivity index (χ4v) is 8.73. The number of ether oxygens (including phenoxy) is 2. The van der Waals surface area contributed by atoms with Crippen molar-refractivity contribution in [3.63, 3.8) is 0 Å². The highest BCUT2D eigenvalue weighted by Gasteiger charge is 2.67. The molecule has 0 N–H and O–H groups in total. The summed E-state index contributed by atoms with van der Waals surface area (Å²) in [5.74, 6) is 3.77. The van der Waals surface area contributed by atoms with E-state index in [-0.39, 0.29) is 5.79 Å². The van der Waals surface area contributed by atoms with Crippen LogP contribution >= 0.6 is 0 Å². The molecule has 1 heterocycles. The van der Waals surface area contributed by atoms with Gasteiger partial charge >= 0.3 is 0 Å². The van der Waals surface area contributed by atoms with Crippen molar-refractivity contribution >= 4 is 5.78 Å². The normalized spacial score (nSPS) is 52.6. The highest BCUT2D eigenvalue weighted by atomic mass is 16.7. The summed E-state index contributed by atoms with van der Waals surface area (Å²) in [6.45, 7) is 8.97. The van der Waals surface area contributed by atoms with Gasteiger partial charge < -0.3 is 9.47 Å². The number of hydrogen-bond donors (Lipinski definition) is 0.